The van der Waals surface area contributed by atoms with E-state index in [9.17, 15) is 0 Å². The lowest BCUT2D eigenvalue weighted by Gasteiger charge is -2.19. The van der Waals surface area contributed by atoms with E-state index in [2.05, 4.69) is 35.4 Å². The lowest BCUT2D eigenvalue weighted by Crippen LogP contribution is -2.18. The lowest BCUT2D eigenvalue weighted by molar-refractivity contribution is 1.23. The first-order chi connectivity index (χ1) is 19.2. The Hall–Kier alpha value is -4.94. The zero-order valence-corrected chi connectivity index (χ0v) is 21.6. The van der Waals surface area contributed by atoms with Crippen LogP contribution in [0.4, 0.5) is 0 Å². The highest BCUT2D eigenvalue weighted by Gasteiger charge is 2.23. The van der Waals surface area contributed by atoms with Gasteiger partial charge in [-0.3, -0.25) is 5.41 Å². The van der Waals surface area contributed by atoms with Crippen LogP contribution in [0.25, 0.3) is 61.8 Å². The molecule has 1 aliphatic carbocycles. The zero-order valence-electron chi connectivity index (χ0n) is 20.7. The van der Waals surface area contributed by atoms with Gasteiger partial charge in [0.2, 0.25) is 0 Å². The number of rotatable bonds is 3. The second kappa shape index (κ2) is 9.42. The second-order valence-corrected chi connectivity index (χ2v) is 9.52. The molecule has 2 aromatic heterocycles. The highest BCUT2D eigenvalue weighted by atomic mass is 32.1. The fraction of sp³-hybridized carbons (Fsp3) is 0. The van der Waals surface area contributed by atoms with Crippen LogP contribution in [-0.2, 0) is 0 Å². The SMILES string of the molecule is N=C1/C(=N\S)C=Cc2c(-c3ccc(-c4nc(-c5ccccc5)c5ccccc5n4)cc3)nc3ccccc3c21. The molecule has 0 aliphatic heterocycles. The minimum absolute atomic E-state index is 0.344. The normalized spacial score (nSPS) is 13.8. The average molecular weight is 520 g/mol. The smallest absolute Gasteiger partial charge is 0.160 e. The van der Waals surface area contributed by atoms with Crippen LogP contribution >= 0.6 is 12.8 Å². The summed E-state index contributed by atoms with van der Waals surface area (Å²) >= 11 is 4.07. The van der Waals surface area contributed by atoms with Gasteiger partial charge in [-0.2, -0.15) is 0 Å². The summed E-state index contributed by atoms with van der Waals surface area (Å²) in [6.07, 6.45) is 3.80. The maximum atomic E-state index is 8.80. The first-order valence-electron chi connectivity index (χ1n) is 12.6. The Morgan fingerprint density at radius 3 is 1.92 bits per heavy atom. The number of benzene rings is 4. The average Bonchev–Trinajstić information content (AvgIpc) is 3.00. The Labute approximate surface area is 230 Å². The van der Waals surface area contributed by atoms with E-state index in [1.807, 2.05) is 97.1 Å². The van der Waals surface area contributed by atoms with Crippen molar-refractivity contribution in [1.29, 1.82) is 5.41 Å². The Morgan fingerprint density at radius 2 is 1.18 bits per heavy atom. The van der Waals surface area contributed by atoms with Gasteiger partial charge in [0, 0.05) is 38.6 Å². The van der Waals surface area contributed by atoms with Crippen molar-refractivity contribution in [2.75, 3.05) is 0 Å². The molecule has 0 saturated carbocycles. The van der Waals surface area contributed by atoms with Crippen molar-refractivity contribution in [3.05, 3.63) is 120 Å². The van der Waals surface area contributed by atoms with Crippen LogP contribution in [0.5, 0.6) is 0 Å². The van der Waals surface area contributed by atoms with Crippen molar-refractivity contribution in [2.24, 2.45) is 4.40 Å². The number of para-hydroxylation sites is 2. The summed E-state index contributed by atoms with van der Waals surface area (Å²) in [5.41, 5.74) is 9.00. The van der Waals surface area contributed by atoms with Crippen molar-refractivity contribution < 1.29 is 0 Å². The molecule has 39 heavy (non-hydrogen) atoms. The number of hydrogen-bond donors (Lipinski definition) is 2. The van der Waals surface area contributed by atoms with E-state index in [1.165, 1.54) is 0 Å². The Balaban J connectivity index is 1.37. The van der Waals surface area contributed by atoms with E-state index >= 15 is 0 Å². The molecule has 2 heterocycles. The third-order valence-electron chi connectivity index (χ3n) is 7.02. The molecule has 1 N–H and O–H groups in total. The molecule has 1 aliphatic rings. The molecule has 0 saturated heterocycles. The monoisotopic (exact) mass is 519 g/mol. The van der Waals surface area contributed by atoms with Crippen LogP contribution in [0.1, 0.15) is 11.1 Å². The van der Waals surface area contributed by atoms with Gasteiger partial charge in [-0.1, -0.05) is 91.0 Å². The van der Waals surface area contributed by atoms with Crippen molar-refractivity contribution in [1.82, 2.24) is 15.0 Å². The molecule has 4 aromatic carbocycles. The van der Waals surface area contributed by atoms with Gasteiger partial charge in [-0.25, -0.2) is 19.3 Å². The van der Waals surface area contributed by atoms with Crippen LogP contribution in [0, 0.1) is 5.41 Å². The molecule has 0 bridgehead atoms. The summed E-state index contributed by atoms with van der Waals surface area (Å²) in [6.45, 7) is 0. The molecule has 5 nitrogen and oxygen atoms in total. The molecule has 6 heteroatoms. The van der Waals surface area contributed by atoms with E-state index in [-0.39, 0.29) is 0 Å². The quantitative estimate of drug-likeness (QED) is 0.234. The minimum atomic E-state index is 0.344. The van der Waals surface area contributed by atoms with Crippen LogP contribution in [0.3, 0.4) is 0 Å². The largest absolute Gasteiger partial charge is 0.298 e. The number of fused-ring (bicyclic) bond motifs is 4. The Kier molecular flexibility index (Phi) is 5.60. The van der Waals surface area contributed by atoms with Gasteiger partial charge in [-0.05, 0) is 37.1 Å². The highest BCUT2D eigenvalue weighted by Crippen LogP contribution is 2.35. The topological polar surface area (TPSA) is 74.9 Å². The van der Waals surface area contributed by atoms with Crippen molar-refractivity contribution in [2.45, 2.75) is 0 Å². The fourth-order valence-corrected chi connectivity index (χ4v) is 5.30. The summed E-state index contributed by atoms with van der Waals surface area (Å²) in [6, 6.07) is 34.4. The number of nitrogens with zero attached hydrogens (tertiary/aromatic N) is 4. The maximum absolute atomic E-state index is 8.80. The summed E-state index contributed by atoms with van der Waals surface area (Å²) in [4.78, 5) is 14.9. The molecule has 0 radical (unpaired) electrons. The van der Waals surface area contributed by atoms with Crippen LogP contribution in [-0.4, -0.2) is 26.4 Å². The lowest BCUT2D eigenvalue weighted by atomic mass is 9.88. The van der Waals surface area contributed by atoms with E-state index in [1.54, 1.807) is 0 Å². The third-order valence-corrected chi connectivity index (χ3v) is 7.23. The van der Waals surface area contributed by atoms with Gasteiger partial charge in [0.05, 0.1) is 33.8 Å². The van der Waals surface area contributed by atoms with Crippen molar-refractivity contribution >= 4 is 52.1 Å². The van der Waals surface area contributed by atoms with Crippen LogP contribution < -0.4 is 0 Å². The number of hydrogen-bond acceptors (Lipinski definition) is 6. The summed E-state index contributed by atoms with van der Waals surface area (Å²) in [7, 11) is 0. The molecule has 0 spiro atoms. The molecule has 0 unspecified atom stereocenters. The summed E-state index contributed by atoms with van der Waals surface area (Å²) in [5, 5.41) is 10.7. The molecular formula is C33H21N5S. The number of allylic oxidation sites excluding steroid dienone is 1. The number of aromatic nitrogens is 3. The van der Waals surface area contributed by atoms with Gasteiger partial charge < -0.3 is 0 Å². The standard InChI is InChI=1S/C33H21N5S/c34-30-28(38-39)19-18-25-29(30)23-10-4-6-12-26(23)35-32(25)21-14-16-22(17-15-21)33-36-27-13-7-5-11-24(27)31(37-33)20-8-2-1-3-9-20/h1-19,34,39H/b34-30?,38-28-. The second-order valence-electron chi connectivity index (χ2n) is 9.32. The van der Waals surface area contributed by atoms with E-state index < -0.39 is 0 Å². The highest BCUT2D eigenvalue weighted by molar-refractivity contribution is 7.79. The molecule has 0 fully saturated rings. The zero-order chi connectivity index (χ0) is 26.3. The van der Waals surface area contributed by atoms with E-state index in [0.717, 1.165) is 61.0 Å². The predicted molar refractivity (Wildman–Crippen MR) is 163 cm³/mol. The minimum Gasteiger partial charge on any atom is -0.298 e. The molecular weight excluding hydrogens is 498 g/mol. The molecule has 0 atom stereocenters. The van der Waals surface area contributed by atoms with Gasteiger partial charge in [0.1, 0.15) is 0 Å². The van der Waals surface area contributed by atoms with E-state index in [4.69, 9.17) is 20.4 Å². The first-order valence-corrected chi connectivity index (χ1v) is 13.0. The van der Waals surface area contributed by atoms with E-state index in [0.29, 0.717) is 17.2 Å². The Bertz CT molecular complexity index is 1980. The van der Waals surface area contributed by atoms with Crippen LogP contribution in [0.15, 0.2) is 114 Å². The molecule has 184 valence electrons. The Morgan fingerprint density at radius 1 is 0.564 bits per heavy atom. The summed E-state index contributed by atoms with van der Waals surface area (Å²) in [5.74, 6) is 0.670. The van der Waals surface area contributed by atoms with Gasteiger partial charge in [-0.15, -0.1) is 0 Å². The third kappa shape index (κ3) is 3.93. The molecule has 6 aromatic rings. The van der Waals surface area contributed by atoms with Gasteiger partial charge >= 0.3 is 0 Å². The van der Waals surface area contributed by atoms with Crippen molar-refractivity contribution in [3.63, 3.8) is 0 Å². The maximum Gasteiger partial charge on any atom is 0.160 e. The van der Waals surface area contributed by atoms with Crippen molar-refractivity contribution in [3.8, 4) is 33.9 Å². The summed E-state index contributed by atoms with van der Waals surface area (Å²) < 4.78 is 4.00. The molecule has 0 amide bonds. The van der Waals surface area contributed by atoms with Gasteiger partial charge in [0.15, 0.2) is 5.82 Å². The van der Waals surface area contributed by atoms with Gasteiger partial charge in [0.25, 0.3) is 0 Å². The number of nitrogens with one attached hydrogen (secondary N) is 1. The predicted octanol–water partition coefficient (Wildman–Crippen LogP) is 7.86. The number of thiol groups is 1. The first kappa shape index (κ1) is 23.2. The van der Waals surface area contributed by atoms with Crippen LogP contribution in [0.2, 0.25) is 0 Å². The fourth-order valence-electron chi connectivity index (χ4n) is 5.13. The number of pyridine rings is 1. The molecule has 7 rings (SSSR count).